The molecule has 1 heterocycles. The van der Waals surface area contributed by atoms with Gasteiger partial charge < -0.3 is 20.1 Å². The van der Waals surface area contributed by atoms with Crippen molar-refractivity contribution in [3.05, 3.63) is 66.0 Å². The molecule has 0 radical (unpaired) electrons. The zero-order valence-corrected chi connectivity index (χ0v) is 14.5. The molecule has 0 spiro atoms. The van der Waals surface area contributed by atoms with E-state index in [0.29, 0.717) is 25.3 Å². The molecular formula is C20H23FN2O3. The Morgan fingerprint density at radius 2 is 1.88 bits per heavy atom. The first-order chi connectivity index (χ1) is 12.7. The lowest BCUT2D eigenvalue weighted by molar-refractivity contribution is -0.149. The molecule has 1 aliphatic heterocycles. The number of benzene rings is 2. The molecule has 138 valence electrons. The second-order valence-corrected chi connectivity index (χ2v) is 6.18. The number of carbonyl (C=O) groups is 1. The number of esters is 1. The summed E-state index contributed by atoms with van der Waals surface area (Å²) in [6, 6.07) is 15.1. The van der Waals surface area contributed by atoms with Gasteiger partial charge in [0.2, 0.25) is 0 Å². The summed E-state index contributed by atoms with van der Waals surface area (Å²) >= 11 is 0. The second kappa shape index (κ2) is 9.31. The van der Waals surface area contributed by atoms with E-state index < -0.39 is 6.04 Å². The van der Waals surface area contributed by atoms with Crippen molar-refractivity contribution >= 4 is 5.97 Å². The summed E-state index contributed by atoms with van der Waals surface area (Å²) < 4.78 is 24.2. The van der Waals surface area contributed by atoms with Gasteiger partial charge in [0.05, 0.1) is 6.61 Å². The predicted octanol–water partition coefficient (Wildman–Crippen LogP) is 2.27. The molecule has 0 saturated carbocycles. The van der Waals surface area contributed by atoms with Crippen LogP contribution in [0.2, 0.25) is 0 Å². The highest BCUT2D eigenvalue weighted by molar-refractivity contribution is 5.77. The van der Waals surface area contributed by atoms with Gasteiger partial charge in [-0.2, -0.15) is 0 Å². The fraction of sp³-hybridized carbons (Fsp3) is 0.350. The highest BCUT2D eigenvalue weighted by Gasteiger charge is 2.31. The molecule has 2 N–H and O–H groups in total. The van der Waals surface area contributed by atoms with Crippen molar-refractivity contribution in [2.75, 3.05) is 19.7 Å². The summed E-state index contributed by atoms with van der Waals surface area (Å²) in [5.74, 6) is -0.129. The Bertz CT molecular complexity index is 711. The molecule has 26 heavy (non-hydrogen) atoms. The maximum atomic E-state index is 13.2. The van der Waals surface area contributed by atoms with Gasteiger partial charge in [0.15, 0.2) is 0 Å². The van der Waals surface area contributed by atoms with Gasteiger partial charge in [-0.15, -0.1) is 0 Å². The van der Waals surface area contributed by atoms with E-state index in [1.54, 1.807) is 12.1 Å². The van der Waals surface area contributed by atoms with Crippen LogP contribution in [0.3, 0.4) is 0 Å². The molecule has 0 aromatic heterocycles. The van der Waals surface area contributed by atoms with Crippen LogP contribution in [0.5, 0.6) is 5.75 Å². The first kappa shape index (κ1) is 18.4. The van der Waals surface area contributed by atoms with Crippen LogP contribution >= 0.6 is 0 Å². The van der Waals surface area contributed by atoms with E-state index in [0.717, 1.165) is 12.1 Å². The predicted molar refractivity (Wildman–Crippen MR) is 96.3 cm³/mol. The molecule has 0 aliphatic carbocycles. The summed E-state index contributed by atoms with van der Waals surface area (Å²) in [6.45, 7) is 2.11. The second-order valence-electron chi connectivity index (χ2n) is 6.18. The maximum absolute atomic E-state index is 13.2. The van der Waals surface area contributed by atoms with Crippen LogP contribution in [-0.2, 0) is 16.1 Å². The average Bonchev–Trinajstić information content (AvgIpc) is 2.67. The first-order valence-electron chi connectivity index (χ1n) is 8.78. The lowest BCUT2D eigenvalue weighted by Gasteiger charge is -2.32. The lowest BCUT2D eigenvalue weighted by atomic mass is 10.0. The van der Waals surface area contributed by atoms with Crippen molar-refractivity contribution in [1.29, 1.82) is 0 Å². The lowest BCUT2D eigenvalue weighted by Crippen LogP contribution is -2.60. The quantitative estimate of drug-likeness (QED) is 0.744. The zero-order chi connectivity index (χ0) is 18.2. The molecule has 1 fully saturated rings. The summed E-state index contributed by atoms with van der Waals surface area (Å²) in [6.07, 6.45) is 0.606. The van der Waals surface area contributed by atoms with Crippen LogP contribution in [0.25, 0.3) is 0 Å². The van der Waals surface area contributed by atoms with Crippen LogP contribution in [0.1, 0.15) is 12.0 Å². The van der Waals surface area contributed by atoms with Gasteiger partial charge in [0.1, 0.15) is 24.2 Å². The third kappa shape index (κ3) is 5.28. The number of piperazine rings is 1. The van der Waals surface area contributed by atoms with Gasteiger partial charge in [-0.25, -0.2) is 4.39 Å². The Labute approximate surface area is 152 Å². The number of nitrogens with one attached hydrogen (secondary N) is 2. The molecule has 1 saturated heterocycles. The van der Waals surface area contributed by atoms with E-state index in [9.17, 15) is 9.18 Å². The summed E-state index contributed by atoms with van der Waals surface area (Å²) in [7, 11) is 0. The van der Waals surface area contributed by atoms with Gasteiger partial charge in [0.25, 0.3) is 0 Å². The maximum Gasteiger partial charge on any atom is 0.325 e. The van der Waals surface area contributed by atoms with Crippen molar-refractivity contribution in [3.8, 4) is 5.75 Å². The van der Waals surface area contributed by atoms with Gasteiger partial charge in [-0.3, -0.25) is 4.79 Å². The van der Waals surface area contributed by atoms with Crippen LogP contribution in [0.15, 0.2) is 54.6 Å². The number of ether oxygens (including phenoxy) is 2. The van der Waals surface area contributed by atoms with E-state index in [4.69, 9.17) is 9.47 Å². The minimum absolute atomic E-state index is 0.0967. The third-order valence-electron chi connectivity index (χ3n) is 4.27. The fourth-order valence-corrected chi connectivity index (χ4v) is 2.94. The normalized spacial score (nSPS) is 19.7. The van der Waals surface area contributed by atoms with Gasteiger partial charge in [0, 0.05) is 25.2 Å². The number of carbonyl (C=O) groups excluding carboxylic acids is 1. The van der Waals surface area contributed by atoms with Crippen molar-refractivity contribution in [1.82, 2.24) is 10.6 Å². The van der Waals surface area contributed by atoms with Crippen LogP contribution in [-0.4, -0.2) is 37.7 Å². The van der Waals surface area contributed by atoms with E-state index in [1.807, 2.05) is 30.3 Å². The van der Waals surface area contributed by atoms with Gasteiger partial charge in [-0.05, 0) is 24.1 Å². The molecule has 0 bridgehead atoms. The van der Waals surface area contributed by atoms with Crippen molar-refractivity contribution in [3.63, 3.8) is 0 Å². The average molecular weight is 358 g/mol. The fourth-order valence-electron chi connectivity index (χ4n) is 2.94. The highest BCUT2D eigenvalue weighted by Crippen LogP contribution is 2.14. The Hall–Kier alpha value is -2.44. The highest BCUT2D eigenvalue weighted by atomic mass is 19.1. The molecule has 2 aromatic rings. The topological polar surface area (TPSA) is 59.6 Å². The number of rotatable bonds is 7. The van der Waals surface area contributed by atoms with E-state index in [-0.39, 0.29) is 24.4 Å². The zero-order valence-electron chi connectivity index (χ0n) is 14.5. The van der Waals surface area contributed by atoms with Crippen LogP contribution in [0.4, 0.5) is 4.39 Å². The van der Waals surface area contributed by atoms with Crippen molar-refractivity contribution < 1.29 is 18.7 Å². The van der Waals surface area contributed by atoms with E-state index >= 15 is 0 Å². The Kier molecular flexibility index (Phi) is 6.57. The summed E-state index contributed by atoms with van der Waals surface area (Å²) in [5, 5.41) is 6.54. The standard InChI is InChI=1S/C20H23FN2O3/c21-16-7-4-8-17(13-16)25-12-9-18-19(23-11-10-22-18)20(24)26-14-15-5-2-1-3-6-15/h1-8,13,18-19,22-23H,9-12,14H2/t18-,19?/m1/s1. The molecule has 2 aromatic carbocycles. The number of halogens is 1. The van der Waals surface area contributed by atoms with Gasteiger partial charge >= 0.3 is 5.97 Å². The summed E-state index contributed by atoms with van der Waals surface area (Å²) in [5.41, 5.74) is 0.954. The number of hydrogen-bond acceptors (Lipinski definition) is 5. The minimum Gasteiger partial charge on any atom is -0.493 e. The molecule has 1 aliphatic rings. The molecule has 0 amide bonds. The van der Waals surface area contributed by atoms with Crippen LogP contribution in [0, 0.1) is 5.82 Å². The molecule has 2 atom stereocenters. The largest absolute Gasteiger partial charge is 0.493 e. The molecule has 5 nitrogen and oxygen atoms in total. The van der Waals surface area contributed by atoms with E-state index in [1.165, 1.54) is 12.1 Å². The molecule has 1 unspecified atom stereocenters. The van der Waals surface area contributed by atoms with Crippen molar-refractivity contribution in [2.45, 2.75) is 25.1 Å². The van der Waals surface area contributed by atoms with Crippen LogP contribution < -0.4 is 15.4 Å². The molecule has 6 heteroatoms. The van der Waals surface area contributed by atoms with E-state index in [2.05, 4.69) is 10.6 Å². The number of hydrogen-bond donors (Lipinski definition) is 2. The minimum atomic E-state index is -0.427. The third-order valence-corrected chi connectivity index (χ3v) is 4.27. The first-order valence-corrected chi connectivity index (χ1v) is 8.78. The smallest absolute Gasteiger partial charge is 0.325 e. The van der Waals surface area contributed by atoms with Gasteiger partial charge in [-0.1, -0.05) is 36.4 Å². The molecular weight excluding hydrogens is 335 g/mol. The Morgan fingerprint density at radius 3 is 2.69 bits per heavy atom. The van der Waals surface area contributed by atoms with Crippen molar-refractivity contribution in [2.24, 2.45) is 0 Å². The monoisotopic (exact) mass is 358 g/mol. The molecule has 3 rings (SSSR count). The Morgan fingerprint density at radius 1 is 1.08 bits per heavy atom. The Balaban J connectivity index is 1.49. The summed E-state index contributed by atoms with van der Waals surface area (Å²) in [4.78, 5) is 12.4. The SMILES string of the molecule is O=C(OCc1ccccc1)C1NCCN[C@@H]1CCOc1cccc(F)c1.